The second kappa shape index (κ2) is 6.57. The summed E-state index contributed by atoms with van der Waals surface area (Å²) >= 11 is 0. The van der Waals surface area contributed by atoms with Gasteiger partial charge in [-0.2, -0.15) is 4.98 Å². The average molecular weight is 360 g/mol. The van der Waals surface area contributed by atoms with Crippen LogP contribution in [0.3, 0.4) is 0 Å². The van der Waals surface area contributed by atoms with Crippen molar-refractivity contribution >= 4 is 17.7 Å². The molecule has 1 amide bonds. The van der Waals surface area contributed by atoms with E-state index in [9.17, 15) is 9.59 Å². The van der Waals surface area contributed by atoms with Crippen molar-refractivity contribution in [2.24, 2.45) is 11.8 Å². The van der Waals surface area contributed by atoms with Crippen LogP contribution in [0.25, 0.3) is 0 Å². The quantitative estimate of drug-likeness (QED) is 0.794. The number of carbonyl (C=O) groups is 1. The minimum Gasteiger partial charge on any atom is -0.369 e. The van der Waals surface area contributed by atoms with Gasteiger partial charge in [-0.25, -0.2) is 0 Å². The van der Waals surface area contributed by atoms with Crippen LogP contribution in [0.2, 0.25) is 0 Å². The predicted octanol–water partition coefficient (Wildman–Crippen LogP) is 0.120. The van der Waals surface area contributed by atoms with Crippen molar-refractivity contribution in [1.82, 2.24) is 19.8 Å². The molecule has 0 spiro atoms. The number of fused-ring (bicyclic) bond motifs is 4. The molecule has 1 aromatic rings. The number of rotatable bonds is 3. The molecule has 4 atom stereocenters. The number of amides is 1. The van der Waals surface area contributed by atoms with Crippen molar-refractivity contribution in [2.75, 3.05) is 44.4 Å². The summed E-state index contributed by atoms with van der Waals surface area (Å²) in [5.41, 5.74) is 5.53. The Morgan fingerprint density at radius 1 is 1.31 bits per heavy atom. The number of hydrogen-bond donors (Lipinski definition) is 2. The normalized spacial score (nSPS) is 31.3. The van der Waals surface area contributed by atoms with Gasteiger partial charge in [0.2, 0.25) is 11.9 Å². The molecular formula is C18H28N6O2. The molecule has 3 saturated heterocycles. The van der Waals surface area contributed by atoms with Gasteiger partial charge in [0.15, 0.2) is 0 Å². The highest BCUT2D eigenvalue weighted by atomic mass is 16.2. The van der Waals surface area contributed by atoms with Crippen LogP contribution in [0, 0.1) is 11.8 Å². The summed E-state index contributed by atoms with van der Waals surface area (Å²) in [6.45, 7) is 2.51. The van der Waals surface area contributed by atoms with Crippen LogP contribution in [0.4, 0.5) is 11.8 Å². The third kappa shape index (κ3) is 3.06. The van der Waals surface area contributed by atoms with E-state index in [4.69, 9.17) is 5.73 Å². The van der Waals surface area contributed by atoms with Crippen LogP contribution in [0.5, 0.6) is 0 Å². The summed E-state index contributed by atoms with van der Waals surface area (Å²) in [5.74, 6) is 1.94. The van der Waals surface area contributed by atoms with Gasteiger partial charge in [0.05, 0.1) is 0 Å². The highest BCUT2D eigenvalue weighted by Crippen LogP contribution is 2.42. The fraction of sp³-hybridized carbons (Fsp3) is 0.722. The minimum atomic E-state index is -0.220. The van der Waals surface area contributed by atoms with Gasteiger partial charge in [0.1, 0.15) is 5.82 Å². The van der Waals surface area contributed by atoms with Crippen molar-refractivity contribution in [1.29, 1.82) is 0 Å². The lowest BCUT2D eigenvalue weighted by Gasteiger charge is -2.57. The van der Waals surface area contributed by atoms with Crippen LogP contribution in [-0.4, -0.2) is 71.5 Å². The first-order valence-corrected chi connectivity index (χ1v) is 9.50. The number of nitrogens with zero attached hydrogens (tertiary/aromatic N) is 4. The minimum absolute atomic E-state index is 0.155. The molecule has 2 bridgehead atoms. The number of nitrogens with one attached hydrogen (secondary N) is 1. The molecule has 26 heavy (non-hydrogen) atoms. The van der Waals surface area contributed by atoms with E-state index in [0.29, 0.717) is 36.0 Å². The Labute approximate surface area is 153 Å². The summed E-state index contributed by atoms with van der Waals surface area (Å²) in [7, 11) is 4.13. The first-order valence-electron chi connectivity index (χ1n) is 9.50. The highest BCUT2D eigenvalue weighted by Gasteiger charge is 2.49. The van der Waals surface area contributed by atoms with Gasteiger partial charge in [-0.15, -0.1) is 0 Å². The first-order chi connectivity index (χ1) is 12.4. The molecule has 3 N–H and O–H groups in total. The van der Waals surface area contributed by atoms with E-state index in [2.05, 4.69) is 38.8 Å². The van der Waals surface area contributed by atoms with E-state index in [1.807, 2.05) is 0 Å². The number of nitrogens with two attached hydrogens (primary N) is 1. The zero-order valence-corrected chi connectivity index (χ0v) is 15.5. The molecule has 3 aliphatic rings. The zero-order chi connectivity index (χ0) is 18.4. The Morgan fingerprint density at radius 2 is 2.08 bits per heavy atom. The molecule has 4 heterocycles. The summed E-state index contributed by atoms with van der Waals surface area (Å²) in [5, 5.41) is 0. The van der Waals surface area contributed by atoms with Gasteiger partial charge >= 0.3 is 0 Å². The van der Waals surface area contributed by atoms with Crippen LogP contribution in [0.15, 0.2) is 10.9 Å². The maximum Gasteiger partial charge on any atom is 0.254 e. The molecule has 0 unspecified atom stereocenters. The third-order valence-corrected chi connectivity index (χ3v) is 6.12. The summed E-state index contributed by atoms with van der Waals surface area (Å²) < 4.78 is 0. The molecule has 8 nitrogen and oxygen atoms in total. The van der Waals surface area contributed by atoms with Crippen molar-refractivity contribution in [3.8, 4) is 0 Å². The number of aromatic amines is 1. The van der Waals surface area contributed by atoms with Gasteiger partial charge in [0, 0.05) is 44.2 Å². The van der Waals surface area contributed by atoms with Crippen LogP contribution < -0.4 is 16.2 Å². The van der Waals surface area contributed by atoms with Gasteiger partial charge in [-0.1, -0.05) is 0 Å². The maximum absolute atomic E-state index is 12.7. The van der Waals surface area contributed by atoms with Gasteiger partial charge < -0.3 is 20.4 Å². The van der Waals surface area contributed by atoms with Gasteiger partial charge in [-0.05, 0) is 45.2 Å². The topological polar surface area (TPSA) is 98.6 Å². The standard InChI is InChI=1S/C18H28N6O2/c1-22(2)10-14-12-6-11(13-4-3-5-17(26)24(13)14)8-23(9-12)15-7-16(25)21-18(19)20-15/h7,11-14H,3-6,8-10H2,1-2H3,(H3,19,20,21,25)/t11-,12+,13+,14+/m1/s1. The number of anilines is 2. The van der Waals surface area contributed by atoms with E-state index in [1.165, 1.54) is 6.07 Å². The maximum atomic E-state index is 12.7. The number of H-pyrrole nitrogens is 1. The molecule has 3 fully saturated rings. The number of hydrogen-bond acceptors (Lipinski definition) is 6. The molecule has 3 aliphatic heterocycles. The van der Waals surface area contributed by atoms with Crippen molar-refractivity contribution in [3.05, 3.63) is 16.4 Å². The van der Waals surface area contributed by atoms with Crippen LogP contribution >= 0.6 is 0 Å². The molecule has 8 heteroatoms. The number of carbonyl (C=O) groups excluding carboxylic acids is 1. The average Bonchev–Trinajstić information content (AvgIpc) is 2.57. The molecule has 0 aliphatic carbocycles. The summed E-state index contributed by atoms with van der Waals surface area (Å²) in [6.07, 6.45) is 3.87. The Morgan fingerprint density at radius 3 is 2.81 bits per heavy atom. The number of aromatic nitrogens is 2. The van der Waals surface area contributed by atoms with E-state index in [0.717, 1.165) is 38.9 Å². The fourth-order valence-electron chi connectivity index (χ4n) is 5.20. The predicted molar refractivity (Wildman–Crippen MR) is 99.9 cm³/mol. The van der Waals surface area contributed by atoms with Gasteiger partial charge in [0.25, 0.3) is 5.56 Å². The van der Waals surface area contributed by atoms with E-state index in [1.54, 1.807) is 0 Å². The SMILES string of the molecule is CN(C)C[C@H]1[C@H]2C[C@H](CN(c3cc(=O)[nH]c(N)n3)C2)[C@@H]2CCCC(=O)N21. The van der Waals surface area contributed by atoms with Crippen molar-refractivity contribution in [3.63, 3.8) is 0 Å². The molecule has 0 aromatic carbocycles. The lowest BCUT2D eigenvalue weighted by Crippen LogP contribution is -2.67. The van der Waals surface area contributed by atoms with E-state index < -0.39 is 0 Å². The monoisotopic (exact) mass is 360 g/mol. The van der Waals surface area contributed by atoms with Crippen molar-refractivity contribution < 1.29 is 4.79 Å². The van der Waals surface area contributed by atoms with Crippen molar-refractivity contribution in [2.45, 2.75) is 37.8 Å². The lowest BCUT2D eigenvalue weighted by atomic mass is 9.72. The molecule has 1 aromatic heterocycles. The second-order valence-corrected chi connectivity index (χ2v) is 8.24. The molecule has 0 saturated carbocycles. The van der Waals surface area contributed by atoms with E-state index in [-0.39, 0.29) is 17.5 Å². The van der Waals surface area contributed by atoms with Crippen LogP contribution in [-0.2, 0) is 4.79 Å². The molecule has 0 radical (unpaired) electrons. The Balaban J connectivity index is 1.66. The first kappa shape index (κ1) is 17.3. The zero-order valence-electron chi connectivity index (χ0n) is 15.5. The number of nitrogen functional groups attached to an aromatic ring is 1. The molecule has 142 valence electrons. The molecular weight excluding hydrogens is 332 g/mol. The Kier molecular flexibility index (Phi) is 4.38. The highest BCUT2D eigenvalue weighted by molar-refractivity contribution is 5.78. The number of likely N-dealkylation sites (N-methyl/N-ethyl adjacent to an activating group) is 1. The van der Waals surface area contributed by atoms with E-state index >= 15 is 0 Å². The fourth-order valence-corrected chi connectivity index (χ4v) is 5.20. The van der Waals surface area contributed by atoms with Crippen LogP contribution in [0.1, 0.15) is 25.7 Å². The molecule has 4 rings (SSSR count). The second-order valence-electron chi connectivity index (χ2n) is 8.24. The number of piperidine rings is 3. The lowest BCUT2D eigenvalue weighted by molar-refractivity contribution is -0.149. The Bertz CT molecular complexity index is 747. The Hall–Kier alpha value is -2.09. The third-order valence-electron chi connectivity index (χ3n) is 6.12. The summed E-state index contributed by atoms with van der Waals surface area (Å²) in [4.78, 5) is 38.0. The summed E-state index contributed by atoms with van der Waals surface area (Å²) in [6, 6.07) is 2.06. The smallest absolute Gasteiger partial charge is 0.254 e. The largest absolute Gasteiger partial charge is 0.369 e. The van der Waals surface area contributed by atoms with Gasteiger partial charge in [-0.3, -0.25) is 14.6 Å².